The number of aromatic amines is 2. The second-order valence-corrected chi connectivity index (χ2v) is 6.58. The van der Waals surface area contributed by atoms with Crippen LogP contribution >= 0.6 is 0 Å². The molecule has 0 bridgehead atoms. The summed E-state index contributed by atoms with van der Waals surface area (Å²) >= 11 is 0. The highest BCUT2D eigenvalue weighted by atomic mass is 15.1. The van der Waals surface area contributed by atoms with Crippen molar-refractivity contribution < 1.29 is 0 Å². The second kappa shape index (κ2) is 6.17. The Morgan fingerprint density at radius 3 is 2.41 bits per heavy atom. The van der Waals surface area contributed by atoms with Crippen molar-refractivity contribution in [3.05, 3.63) is 78.2 Å². The van der Waals surface area contributed by atoms with E-state index in [0.29, 0.717) is 18.2 Å². The largest absolute Gasteiger partial charge is 0.383 e. The van der Waals surface area contributed by atoms with Crippen molar-refractivity contribution in [3.8, 4) is 0 Å². The topological polar surface area (TPSA) is 95.4 Å². The van der Waals surface area contributed by atoms with Gasteiger partial charge in [0.2, 0.25) is 5.95 Å². The van der Waals surface area contributed by atoms with E-state index in [1.165, 1.54) is 10.9 Å². The Hall–Kier alpha value is -3.80. The highest BCUT2D eigenvalue weighted by Gasteiger charge is 2.07. The van der Waals surface area contributed by atoms with Crippen LogP contribution in [-0.2, 0) is 6.42 Å². The minimum Gasteiger partial charge on any atom is -0.383 e. The van der Waals surface area contributed by atoms with Crippen LogP contribution in [0.5, 0.6) is 0 Å². The zero-order chi connectivity index (χ0) is 18.2. The molecule has 5 aromatic rings. The first-order chi connectivity index (χ1) is 13.2. The second-order valence-electron chi connectivity index (χ2n) is 6.58. The minimum atomic E-state index is 0.490. The number of rotatable bonds is 4. The van der Waals surface area contributed by atoms with E-state index in [9.17, 15) is 0 Å². The number of nitrogens with zero attached hydrogens (tertiary/aromatic N) is 2. The molecule has 3 heterocycles. The summed E-state index contributed by atoms with van der Waals surface area (Å²) in [5.41, 5.74) is 11.4. The van der Waals surface area contributed by atoms with Gasteiger partial charge in [-0.05, 0) is 53.4 Å². The maximum absolute atomic E-state index is 6.19. The number of nitrogens with one attached hydrogen (secondary N) is 3. The number of nitrogens with two attached hydrogens (primary N) is 1. The van der Waals surface area contributed by atoms with E-state index < -0.39 is 0 Å². The van der Waals surface area contributed by atoms with Gasteiger partial charge in [0.15, 0.2) is 0 Å². The maximum Gasteiger partial charge on any atom is 0.229 e. The molecule has 0 fully saturated rings. The first kappa shape index (κ1) is 15.5. The molecule has 0 spiro atoms. The molecule has 3 aromatic heterocycles. The average Bonchev–Trinajstić information content (AvgIpc) is 3.32. The molecule has 0 aliphatic rings. The molecule has 27 heavy (non-hydrogen) atoms. The van der Waals surface area contributed by atoms with Gasteiger partial charge in [-0.15, -0.1) is 0 Å². The summed E-state index contributed by atoms with van der Waals surface area (Å²) in [6.45, 7) is 0. The molecular formula is C21H18N6. The van der Waals surface area contributed by atoms with E-state index in [1.54, 1.807) is 6.20 Å². The first-order valence-corrected chi connectivity index (χ1v) is 8.76. The van der Waals surface area contributed by atoms with Crippen LogP contribution in [0.2, 0.25) is 0 Å². The first-order valence-electron chi connectivity index (χ1n) is 8.76. The third-order valence-electron chi connectivity index (χ3n) is 4.72. The predicted octanol–water partition coefficient (Wildman–Crippen LogP) is 4.36. The number of anilines is 3. The van der Waals surface area contributed by atoms with Crippen molar-refractivity contribution in [2.45, 2.75) is 6.42 Å². The van der Waals surface area contributed by atoms with E-state index in [2.05, 4.69) is 49.5 Å². The van der Waals surface area contributed by atoms with Gasteiger partial charge in [0, 0.05) is 52.7 Å². The molecule has 0 atom stereocenters. The number of nitrogen functional groups attached to an aromatic ring is 1. The summed E-state index contributed by atoms with van der Waals surface area (Å²) in [6.07, 6.45) is 6.35. The fraction of sp³-hybridized carbons (Fsp3) is 0.0476. The van der Waals surface area contributed by atoms with E-state index in [0.717, 1.165) is 27.7 Å². The van der Waals surface area contributed by atoms with Gasteiger partial charge in [0.1, 0.15) is 5.82 Å². The van der Waals surface area contributed by atoms with E-state index in [4.69, 9.17) is 5.73 Å². The summed E-state index contributed by atoms with van der Waals surface area (Å²) in [5, 5.41) is 5.53. The number of fused-ring (bicyclic) bond motifs is 2. The molecule has 0 radical (unpaired) electrons. The number of H-pyrrole nitrogens is 2. The van der Waals surface area contributed by atoms with Gasteiger partial charge in [0.05, 0.1) is 0 Å². The third-order valence-corrected chi connectivity index (χ3v) is 4.72. The van der Waals surface area contributed by atoms with Crippen LogP contribution in [0.4, 0.5) is 17.5 Å². The molecule has 0 aliphatic carbocycles. The summed E-state index contributed by atoms with van der Waals surface area (Å²) in [5.74, 6) is 0.983. The molecule has 132 valence electrons. The van der Waals surface area contributed by atoms with Gasteiger partial charge in [-0.3, -0.25) is 0 Å². The average molecular weight is 354 g/mol. The molecule has 2 aromatic carbocycles. The molecule has 0 unspecified atom stereocenters. The molecule has 5 rings (SSSR count). The summed E-state index contributed by atoms with van der Waals surface area (Å²) in [7, 11) is 0. The van der Waals surface area contributed by atoms with Crippen LogP contribution < -0.4 is 11.1 Å². The smallest absolute Gasteiger partial charge is 0.229 e. The van der Waals surface area contributed by atoms with Crippen LogP contribution in [0.25, 0.3) is 21.8 Å². The van der Waals surface area contributed by atoms with Crippen LogP contribution in [-0.4, -0.2) is 19.9 Å². The van der Waals surface area contributed by atoms with Gasteiger partial charge in [-0.2, -0.15) is 4.98 Å². The third kappa shape index (κ3) is 2.97. The zero-order valence-corrected chi connectivity index (χ0v) is 14.5. The van der Waals surface area contributed by atoms with Crippen LogP contribution in [0.1, 0.15) is 11.1 Å². The lowest BCUT2D eigenvalue weighted by Crippen LogP contribution is -2.04. The normalized spacial score (nSPS) is 11.3. The highest BCUT2D eigenvalue weighted by molar-refractivity contribution is 5.83. The Bertz CT molecular complexity index is 1250. The Labute approximate surface area is 155 Å². The standard InChI is InChI=1S/C21H18N6/c22-20-16(10-13-1-3-18-14(9-13)5-7-23-18)12-25-21(27-20)26-17-2-4-19-15(11-17)6-8-24-19/h1-9,11-12,23-24H,10H2,(H3,22,25,26,27). The Balaban J connectivity index is 1.37. The van der Waals surface area contributed by atoms with Gasteiger partial charge in [-0.25, -0.2) is 4.98 Å². The van der Waals surface area contributed by atoms with Gasteiger partial charge in [0.25, 0.3) is 0 Å². The van der Waals surface area contributed by atoms with Gasteiger partial charge < -0.3 is 21.0 Å². The van der Waals surface area contributed by atoms with Crippen LogP contribution in [0, 0.1) is 0 Å². The minimum absolute atomic E-state index is 0.490. The number of aromatic nitrogens is 4. The molecule has 5 N–H and O–H groups in total. The van der Waals surface area contributed by atoms with Crippen molar-refractivity contribution in [2.24, 2.45) is 0 Å². The lowest BCUT2D eigenvalue weighted by Gasteiger charge is -2.09. The number of hydrogen-bond acceptors (Lipinski definition) is 4. The fourth-order valence-electron chi connectivity index (χ4n) is 3.31. The van der Waals surface area contributed by atoms with Crippen LogP contribution in [0.15, 0.2) is 67.1 Å². The zero-order valence-electron chi connectivity index (χ0n) is 14.5. The molecule has 0 amide bonds. The Kier molecular flexibility index (Phi) is 3.53. The maximum atomic E-state index is 6.19. The predicted molar refractivity (Wildman–Crippen MR) is 109 cm³/mol. The van der Waals surface area contributed by atoms with Crippen molar-refractivity contribution in [3.63, 3.8) is 0 Å². The van der Waals surface area contributed by atoms with Gasteiger partial charge in [-0.1, -0.05) is 6.07 Å². The Morgan fingerprint density at radius 2 is 1.63 bits per heavy atom. The SMILES string of the molecule is Nc1nc(Nc2ccc3[nH]ccc3c2)ncc1Cc1ccc2[nH]ccc2c1. The molecule has 6 heteroatoms. The van der Waals surface area contributed by atoms with Crippen molar-refractivity contribution in [1.82, 2.24) is 19.9 Å². The lowest BCUT2D eigenvalue weighted by atomic mass is 10.1. The van der Waals surface area contributed by atoms with Crippen molar-refractivity contribution in [2.75, 3.05) is 11.1 Å². The number of benzene rings is 2. The quantitative estimate of drug-likeness (QED) is 0.386. The molecule has 6 nitrogen and oxygen atoms in total. The van der Waals surface area contributed by atoms with Gasteiger partial charge >= 0.3 is 0 Å². The Morgan fingerprint density at radius 1 is 0.889 bits per heavy atom. The monoisotopic (exact) mass is 354 g/mol. The molecule has 0 saturated carbocycles. The summed E-state index contributed by atoms with van der Waals surface area (Å²) in [6, 6.07) is 16.5. The molecule has 0 aliphatic heterocycles. The summed E-state index contributed by atoms with van der Waals surface area (Å²) < 4.78 is 0. The fourth-order valence-corrected chi connectivity index (χ4v) is 3.31. The lowest BCUT2D eigenvalue weighted by molar-refractivity contribution is 1.09. The van der Waals surface area contributed by atoms with E-state index in [-0.39, 0.29) is 0 Å². The summed E-state index contributed by atoms with van der Waals surface area (Å²) in [4.78, 5) is 15.2. The van der Waals surface area contributed by atoms with E-state index >= 15 is 0 Å². The molecule has 0 saturated heterocycles. The number of hydrogen-bond donors (Lipinski definition) is 4. The molecular weight excluding hydrogens is 336 g/mol. The van der Waals surface area contributed by atoms with Crippen molar-refractivity contribution in [1.29, 1.82) is 0 Å². The van der Waals surface area contributed by atoms with Crippen LogP contribution in [0.3, 0.4) is 0 Å². The highest BCUT2D eigenvalue weighted by Crippen LogP contribution is 2.22. The van der Waals surface area contributed by atoms with E-state index in [1.807, 2.05) is 36.7 Å². The van der Waals surface area contributed by atoms with Crippen molar-refractivity contribution >= 4 is 39.3 Å².